The number of hydrogen-bond donors (Lipinski definition) is 2. The Bertz CT molecular complexity index is 497. The van der Waals surface area contributed by atoms with Crippen LogP contribution in [0.5, 0.6) is 0 Å². The minimum absolute atomic E-state index is 0.0320. The summed E-state index contributed by atoms with van der Waals surface area (Å²) in [6, 6.07) is 7.90. The molecule has 0 radical (unpaired) electrons. The Morgan fingerprint density at radius 2 is 2.24 bits per heavy atom. The summed E-state index contributed by atoms with van der Waals surface area (Å²) in [6.07, 6.45) is 0.638. The number of likely N-dealkylation sites (tertiary alicyclic amines) is 1. The summed E-state index contributed by atoms with van der Waals surface area (Å²) < 4.78 is 5.38. The quantitative estimate of drug-likeness (QED) is 0.899. The smallest absolute Gasteiger partial charge is 0.410 e. The first kappa shape index (κ1) is 15.6. The molecule has 1 saturated heterocycles. The van der Waals surface area contributed by atoms with E-state index in [9.17, 15) is 4.79 Å². The predicted molar refractivity (Wildman–Crippen MR) is 82.2 cm³/mol. The van der Waals surface area contributed by atoms with Gasteiger partial charge in [0.15, 0.2) is 0 Å². The van der Waals surface area contributed by atoms with Gasteiger partial charge in [-0.15, -0.1) is 0 Å². The fourth-order valence-corrected chi connectivity index (χ4v) is 2.37. The zero-order valence-electron chi connectivity index (χ0n) is 12.9. The maximum absolute atomic E-state index is 12.0. The Labute approximate surface area is 125 Å². The van der Waals surface area contributed by atoms with Gasteiger partial charge in [-0.2, -0.15) is 0 Å². The largest absolute Gasteiger partial charge is 0.444 e. The van der Waals surface area contributed by atoms with Crippen LogP contribution in [0.2, 0.25) is 0 Å². The lowest BCUT2D eigenvalue weighted by Crippen LogP contribution is -2.36. The van der Waals surface area contributed by atoms with E-state index in [0.29, 0.717) is 13.1 Å². The SMILES string of the molecule is CC(C)(C)OC(=O)N1CCC(Nc2cccc(CO)c2)C1. The zero-order chi connectivity index (χ0) is 15.5. The van der Waals surface area contributed by atoms with E-state index < -0.39 is 5.60 Å². The molecule has 2 rings (SSSR count). The highest BCUT2D eigenvalue weighted by Gasteiger charge is 2.29. The van der Waals surface area contributed by atoms with Crippen LogP contribution in [0.4, 0.5) is 10.5 Å². The summed E-state index contributed by atoms with van der Waals surface area (Å²) in [5.74, 6) is 0. The van der Waals surface area contributed by atoms with Gasteiger partial charge in [0.2, 0.25) is 0 Å². The molecule has 1 amide bonds. The molecule has 1 unspecified atom stereocenters. The number of nitrogens with one attached hydrogen (secondary N) is 1. The summed E-state index contributed by atoms with van der Waals surface area (Å²) in [6.45, 7) is 6.99. The molecule has 2 N–H and O–H groups in total. The summed E-state index contributed by atoms with van der Waals surface area (Å²) >= 11 is 0. The zero-order valence-corrected chi connectivity index (χ0v) is 12.9. The Balaban J connectivity index is 1.89. The van der Waals surface area contributed by atoms with Gasteiger partial charge in [0.25, 0.3) is 0 Å². The average Bonchev–Trinajstić information content (AvgIpc) is 2.85. The lowest BCUT2D eigenvalue weighted by Gasteiger charge is -2.24. The van der Waals surface area contributed by atoms with Crippen LogP contribution < -0.4 is 5.32 Å². The van der Waals surface area contributed by atoms with E-state index in [0.717, 1.165) is 17.7 Å². The van der Waals surface area contributed by atoms with Gasteiger partial charge in [-0.3, -0.25) is 0 Å². The van der Waals surface area contributed by atoms with E-state index >= 15 is 0 Å². The third-order valence-electron chi connectivity index (χ3n) is 3.32. The topological polar surface area (TPSA) is 61.8 Å². The van der Waals surface area contributed by atoms with Crippen molar-refractivity contribution in [1.29, 1.82) is 0 Å². The molecule has 1 heterocycles. The minimum Gasteiger partial charge on any atom is -0.444 e. The highest BCUT2D eigenvalue weighted by atomic mass is 16.6. The first-order valence-electron chi connectivity index (χ1n) is 7.31. The molecule has 116 valence electrons. The molecule has 0 aliphatic carbocycles. The molecule has 1 aliphatic heterocycles. The van der Waals surface area contributed by atoms with Crippen molar-refractivity contribution in [3.05, 3.63) is 29.8 Å². The monoisotopic (exact) mass is 292 g/mol. The van der Waals surface area contributed by atoms with Crippen molar-refractivity contribution < 1.29 is 14.6 Å². The number of anilines is 1. The van der Waals surface area contributed by atoms with Crippen LogP contribution in [-0.4, -0.2) is 40.8 Å². The molecule has 1 aliphatic rings. The van der Waals surface area contributed by atoms with E-state index in [-0.39, 0.29) is 18.7 Å². The van der Waals surface area contributed by atoms with Gasteiger partial charge in [0, 0.05) is 24.8 Å². The minimum atomic E-state index is -0.460. The number of carbonyl (C=O) groups is 1. The van der Waals surface area contributed by atoms with Crippen molar-refractivity contribution in [2.45, 2.75) is 45.4 Å². The molecule has 5 heteroatoms. The number of benzene rings is 1. The molecule has 5 nitrogen and oxygen atoms in total. The molecule has 1 atom stereocenters. The number of amides is 1. The maximum atomic E-state index is 12.0. The van der Waals surface area contributed by atoms with E-state index in [2.05, 4.69) is 5.32 Å². The first-order chi connectivity index (χ1) is 9.87. The summed E-state index contributed by atoms with van der Waals surface area (Å²) in [5, 5.41) is 12.6. The maximum Gasteiger partial charge on any atom is 0.410 e. The number of rotatable bonds is 3. The van der Waals surface area contributed by atoms with E-state index in [1.807, 2.05) is 45.0 Å². The Hall–Kier alpha value is -1.75. The number of carbonyl (C=O) groups excluding carboxylic acids is 1. The molecule has 0 aromatic heterocycles. The first-order valence-corrected chi connectivity index (χ1v) is 7.31. The van der Waals surface area contributed by atoms with E-state index in [1.165, 1.54) is 0 Å². The van der Waals surface area contributed by atoms with Gasteiger partial charge in [-0.25, -0.2) is 4.79 Å². The van der Waals surface area contributed by atoms with Crippen molar-refractivity contribution in [3.63, 3.8) is 0 Å². The fraction of sp³-hybridized carbons (Fsp3) is 0.562. The normalized spacial score (nSPS) is 18.7. The number of nitrogens with zero attached hydrogens (tertiary/aromatic N) is 1. The summed E-state index contributed by atoms with van der Waals surface area (Å²) in [4.78, 5) is 13.7. The Morgan fingerprint density at radius 3 is 2.90 bits per heavy atom. The van der Waals surface area contributed by atoms with Gasteiger partial charge in [0.05, 0.1) is 6.61 Å². The molecular weight excluding hydrogens is 268 g/mol. The number of hydrogen-bond acceptors (Lipinski definition) is 4. The van der Waals surface area contributed by atoms with Gasteiger partial charge < -0.3 is 20.1 Å². The second-order valence-electron chi connectivity index (χ2n) is 6.41. The molecule has 1 aromatic rings. The molecule has 0 spiro atoms. The van der Waals surface area contributed by atoms with Crippen LogP contribution in [-0.2, 0) is 11.3 Å². The second-order valence-corrected chi connectivity index (χ2v) is 6.41. The highest BCUT2D eigenvalue weighted by molar-refractivity contribution is 5.68. The lowest BCUT2D eigenvalue weighted by molar-refractivity contribution is 0.0293. The fourth-order valence-electron chi connectivity index (χ4n) is 2.37. The van der Waals surface area contributed by atoms with Crippen molar-refractivity contribution >= 4 is 11.8 Å². The molecule has 1 fully saturated rings. The average molecular weight is 292 g/mol. The van der Waals surface area contributed by atoms with Crippen LogP contribution in [0.1, 0.15) is 32.8 Å². The van der Waals surface area contributed by atoms with E-state index in [1.54, 1.807) is 4.90 Å². The number of aliphatic hydroxyl groups excluding tert-OH is 1. The molecule has 0 bridgehead atoms. The van der Waals surface area contributed by atoms with Crippen molar-refractivity contribution in [2.24, 2.45) is 0 Å². The van der Waals surface area contributed by atoms with Crippen LogP contribution in [0, 0.1) is 0 Å². The standard InChI is InChI=1S/C16H24N2O3/c1-16(2,3)21-15(20)18-8-7-14(10-18)17-13-6-4-5-12(9-13)11-19/h4-6,9,14,17,19H,7-8,10-11H2,1-3H3. The molecule has 1 aromatic carbocycles. The van der Waals surface area contributed by atoms with Crippen LogP contribution >= 0.6 is 0 Å². The molecular formula is C16H24N2O3. The van der Waals surface area contributed by atoms with Crippen LogP contribution in [0.25, 0.3) is 0 Å². The number of aliphatic hydroxyl groups is 1. The van der Waals surface area contributed by atoms with Crippen molar-refractivity contribution in [1.82, 2.24) is 4.90 Å². The second kappa shape index (κ2) is 6.35. The highest BCUT2D eigenvalue weighted by Crippen LogP contribution is 2.19. The number of ether oxygens (including phenoxy) is 1. The van der Waals surface area contributed by atoms with Gasteiger partial charge in [-0.1, -0.05) is 12.1 Å². The van der Waals surface area contributed by atoms with Crippen LogP contribution in [0.15, 0.2) is 24.3 Å². The lowest BCUT2D eigenvalue weighted by atomic mass is 10.2. The summed E-state index contributed by atoms with van der Waals surface area (Å²) in [7, 11) is 0. The van der Waals surface area contributed by atoms with Crippen molar-refractivity contribution in [3.8, 4) is 0 Å². The van der Waals surface area contributed by atoms with Gasteiger partial charge in [-0.05, 0) is 44.9 Å². The molecule has 0 saturated carbocycles. The van der Waals surface area contributed by atoms with Gasteiger partial charge >= 0.3 is 6.09 Å². The van der Waals surface area contributed by atoms with E-state index in [4.69, 9.17) is 9.84 Å². The summed E-state index contributed by atoms with van der Waals surface area (Å²) in [5.41, 5.74) is 1.39. The molecule has 21 heavy (non-hydrogen) atoms. The van der Waals surface area contributed by atoms with Crippen LogP contribution in [0.3, 0.4) is 0 Å². The van der Waals surface area contributed by atoms with Gasteiger partial charge in [0.1, 0.15) is 5.60 Å². The Kier molecular flexibility index (Phi) is 4.73. The predicted octanol–water partition coefficient (Wildman–Crippen LogP) is 2.60. The van der Waals surface area contributed by atoms with Crippen molar-refractivity contribution in [2.75, 3.05) is 18.4 Å². The third kappa shape index (κ3) is 4.63. The third-order valence-corrected chi connectivity index (χ3v) is 3.32. The Morgan fingerprint density at radius 1 is 1.48 bits per heavy atom.